The van der Waals surface area contributed by atoms with E-state index in [0.717, 1.165) is 17.8 Å². The highest BCUT2D eigenvalue weighted by Gasteiger charge is 2.33. The van der Waals surface area contributed by atoms with E-state index in [0.29, 0.717) is 35.7 Å². The lowest BCUT2D eigenvalue weighted by Gasteiger charge is -2.09. The molecule has 12 heteroatoms. The molecule has 0 saturated carbocycles. The molecule has 0 amide bonds. The summed E-state index contributed by atoms with van der Waals surface area (Å²) in [6, 6.07) is 7.25. The first-order valence-corrected chi connectivity index (χ1v) is 9.30. The molecule has 0 spiro atoms. The number of ether oxygens (including phenoxy) is 1. The molecule has 1 N–H and O–H groups in total. The number of hydrogen-bond donors (Lipinski definition) is 1. The van der Waals surface area contributed by atoms with E-state index in [2.05, 4.69) is 35.2 Å². The van der Waals surface area contributed by atoms with Gasteiger partial charge in [-0.1, -0.05) is 23.7 Å². The van der Waals surface area contributed by atoms with E-state index < -0.39 is 11.9 Å². The van der Waals surface area contributed by atoms with Crippen molar-refractivity contribution in [3.8, 4) is 11.8 Å². The van der Waals surface area contributed by atoms with Gasteiger partial charge in [-0.15, -0.1) is 0 Å². The van der Waals surface area contributed by atoms with Crippen LogP contribution in [0.4, 0.5) is 19.0 Å². The summed E-state index contributed by atoms with van der Waals surface area (Å²) < 4.78 is 43.5. The van der Waals surface area contributed by atoms with E-state index in [9.17, 15) is 13.2 Å². The van der Waals surface area contributed by atoms with Crippen molar-refractivity contribution in [3.05, 3.63) is 65.5 Å². The Morgan fingerprint density at radius 1 is 0.968 bits per heavy atom. The van der Waals surface area contributed by atoms with Crippen molar-refractivity contribution in [1.29, 1.82) is 0 Å². The van der Waals surface area contributed by atoms with Crippen LogP contribution in [0.25, 0.3) is 11.2 Å². The number of fused-ring (bicyclic) bond motifs is 1. The molecule has 158 valence electrons. The second kappa shape index (κ2) is 8.64. The minimum Gasteiger partial charge on any atom is -0.424 e. The van der Waals surface area contributed by atoms with E-state index in [1.54, 1.807) is 24.3 Å². The predicted molar refractivity (Wildman–Crippen MR) is 106 cm³/mol. The van der Waals surface area contributed by atoms with E-state index in [4.69, 9.17) is 16.3 Å². The van der Waals surface area contributed by atoms with Gasteiger partial charge in [0, 0.05) is 12.7 Å². The lowest BCUT2D eigenvalue weighted by molar-refractivity contribution is -0.141. The summed E-state index contributed by atoms with van der Waals surface area (Å²) in [5, 5.41) is 3.41. The van der Waals surface area contributed by atoms with Gasteiger partial charge in [0.25, 0.3) is 0 Å². The third-order valence-corrected chi connectivity index (χ3v) is 4.26. The van der Waals surface area contributed by atoms with E-state index in [-0.39, 0.29) is 11.2 Å². The summed E-state index contributed by atoms with van der Waals surface area (Å²) in [6.07, 6.45) is -0.132. The van der Waals surface area contributed by atoms with Gasteiger partial charge >= 0.3 is 12.2 Å². The van der Waals surface area contributed by atoms with Crippen LogP contribution in [0.5, 0.6) is 11.8 Å². The van der Waals surface area contributed by atoms with Crippen molar-refractivity contribution in [1.82, 2.24) is 29.9 Å². The van der Waals surface area contributed by atoms with Crippen molar-refractivity contribution in [3.63, 3.8) is 0 Å². The molecule has 3 heterocycles. The van der Waals surface area contributed by atoms with Crippen LogP contribution < -0.4 is 10.1 Å². The normalized spacial score (nSPS) is 11.5. The number of nitrogens with zero attached hydrogens (tertiary/aromatic N) is 6. The lowest BCUT2D eigenvalue weighted by atomic mass is 10.1. The Kier molecular flexibility index (Phi) is 5.76. The molecular weight excluding hydrogens is 435 g/mol. The molecule has 4 rings (SSSR count). The molecule has 0 bridgehead atoms. The van der Waals surface area contributed by atoms with Crippen LogP contribution >= 0.6 is 11.6 Å². The number of halogens is 4. The SMILES string of the molecule is FC(F)(F)c1ccnc(Oc2ccc(CCNc3ncnc4ncc(Cl)nc34)cc2)n1. The topological polar surface area (TPSA) is 98.6 Å². The van der Waals surface area contributed by atoms with Gasteiger partial charge in [-0.05, 0) is 30.2 Å². The highest BCUT2D eigenvalue weighted by molar-refractivity contribution is 6.29. The maximum atomic E-state index is 12.7. The second-order valence-electron chi connectivity index (χ2n) is 6.23. The number of aromatic nitrogens is 6. The Hall–Kier alpha value is -3.60. The summed E-state index contributed by atoms with van der Waals surface area (Å²) in [5.41, 5.74) is 0.802. The number of hydrogen-bond acceptors (Lipinski definition) is 8. The van der Waals surface area contributed by atoms with Crippen LogP contribution in [0.15, 0.2) is 49.1 Å². The minimum atomic E-state index is -4.57. The summed E-state index contributed by atoms with van der Waals surface area (Å²) in [5.74, 6) is 0.837. The molecule has 0 aliphatic heterocycles. The van der Waals surface area contributed by atoms with Crippen molar-refractivity contribution in [2.75, 3.05) is 11.9 Å². The largest absolute Gasteiger partial charge is 0.433 e. The standard InChI is InChI=1S/C19H13ClF3N7O/c20-14-9-26-17-15(30-14)16(27-10-28-17)24-7-5-11-1-3-12(4-2-11)31-18-25-8-6-13(29-18)19(21,22)23/h1-4,6,8-10H,5,7H2,(H,24,26,27,28). The number of anilines is 1. The molecule has 3 aromatic heterocycles. The van der Waals surface area contributed by atoms with Gasteiger partial charge in [0.15, 0.2) is 22.7 Å². The number of rotatable bonds is 6. The predicted octanol–water partition coefficient (Wildman–Crippen LogP) is 4.33. The Bertz CT molecular complexity index is 1210. The maximum Gasteiger partial charge on any atom is 0.433 e. The molecule has 4 aromatic rings. The fraction of sp³-hybridized carbons (Fsp3) is 0.158. The van der Waals surface area contributed by atoms with E-state index in [1.165, 1.54) is 12.5 Å². The summed E-state index contributed by atoms with van der Waals surface area (Å²) in [7, 11) is 0. The Balaban J connectivity index is 1.37. The minimum absolute atomic E-state index is 0.241. The third kappa shape index (κ3) is 5.12. The summed E-state index contributed by atoms with van der Waals surface area (Å²) in [4.78, 5) is 23.6. The zero-order valence-corrected chi connectivity index (χ0v) is 16.4. The second-order valence-corrected chi connectivity index (χ2v) is 6.62. The van der Waals surface area contributed by atoms with E-state index >= 15 is 0 Å². The Labute approximate surface area is 178 Å². The van der Waals surface area contributed by atoms with Gasteiger partial charge in [-0.25, -0.2) is 24.9 Å². The molecule has 0 saturated heterocycles. The van der Waals surface area contributed by atoms with Gasteiger partial charge in [0.1, 0.15) is 17.2 Å². The zero-order chi connectivity index (χ0) is 21.8. The van der Waals surface area contributed by atoms with Crippen molar-refractivity contribution < 1.29 is 17.9 Å². The first-order valence-electron chi connectivity index (χ1n) is 8.92. The van der Waals surface area contributed by atoms with Crippen LogP contribution in [0, 0.1) is 0 Å². The molecule has 0 atom stereocenters. The molecule has 0 fully saturated rings. The average Bonchev–Trinajstić information content (AvgIpc) is 2.75. The molecule has 0 radical (unpaired) electrons. The Morgan fingerprint density at radius 2 is 1.77 bits per heavy atom. The molecule has 0 unspecified atom stereocenters. The van der Waals surface area contributed by atoms with Crippen LogP contribution in [0.2, 0.25) is 5.15 Å². The first-order chi connectivity index (χ1) is 14.9. The van der Waals surface area contributed by atoms with Gasteiger partial charge in [-0.3, -0.25) is 0 Å². The van der Waals surface area contributed by atoms with Crippen molar-refractivity contribution >= 4 is 28.6 Å². The van der Waals surface area contributed by atoms with Crippen molar-refractivity contribution in [2.45, 2.75) is 12.6 Å². The quantitative estimate of drug-likeness (QED) is 0.466. The van der Waals surface area contributed by atoms with Gasteiger partial charge in [0.05, 0.1) is 6.20 Å². The lowest BCUT2D eigenvalue weighted by Crippen LogP contribution is -2.09. The number of alkyl halides is 3. The fourth-order valence-corrected chi connectivity index (χ4v) is 2.78. The number of nitrogens with one attached hydrogen (secondary N) is 1. The molecule has 0 aliphatic carbocycles. The molecule has 1 aromatic carbocycles. The van der Waals surface area contributed by atoms with Gasteiger partial charge in [0.2, 0.25) is 0 Å². The molecular formula is C19H13ClF3N7O. The summed E-state index contributed by atoms with van der Waals surface area (Å²) >= 11 is 5.89. The van der Waals surface area contributed by atoms with Crippen LogP contribution in [0.3, 0.4) is 0 Å². The van der Waals surface area contributed by atoms with Gasteiger partial charge in [-0.2, -0.15) is 18.2 Å². The molecule has 31 heavy (non-hydrogen) atoms. The third-order valence-electron chi connectivity index (χ3n) is 4.08. The number of benzene rings is 1. The van der Waals surface area contributed by atoms with Crippen LogP contribution in [-0.2, 0) is 12.6 Å². The average molecular weight is 448 g/mol. The monoisotopic (exact) mass is 447 g/mol. The Morgan fingerprint density at radius 3 is 2.55 bits per heavy atom. The highest BCUT2D eigenvalue weighted by atomic mass is 35.5. The highest BCUT2D eigenvalue weighted by Crippen LogP contribution is 2.29. The first kappa shape index (κ1) is 20.7. The van der Waals surface area contributed by atoms with Gasteiger partial charge < -0.3 is 10.1 Å². The molecule has 0 aliphatic rings. The van der Waals surface area contributed by atoms with Crippen molar-refractivity contribution in [2.24, 2.45) is 0 Å². The molecule has 8 nitrogen and oxygen atoms in total. The van der Waals surface area contributed by atoms with Crippen LogP contribution in [0.1, 0.15) is 11.3 Å². The fourth-order valence-electron chi connectivity index (χ4n) is 2.65. The van der Waals surface area contributed by atoms with E-state index in [1.807, 2.05) is 0 Å². The van der Waals surface area contributed by atoms with Crippen LogP contribution in [-0.4, -0.2) is 36.4 Å². The summed E-state index contributed by atoms with van der Waals surface area (Å²) in [6.45, 7) is 0.539. The zero-order valence-electron chi connectivity index (χ0n) is 15.6. The smallest absolute Gasteiger partial charge is 0.424 e. The maximum absolute atomic E-state index is 12.7.